The lowest BCUT2D eigenvalue weighted by atomic mass is 9.94. The van der Waals surface area contributed by atoms with E-state index in [0.29, 0.717) is 33.8 Å². The molecule has 10 heteroatoms. The molecular weight excluding hydrogens is 572 g/mol. The number of aromatic amines is 2. The molecule has 45 heavy (non-hydrogen) atoms. The molecule has 0 saturated heterocycles. The van der Waals surface area contributed by atoms with Crippen molar-refractivity contribution in [3.63, 3.8) is 0 Å². The minimum atomic E-state index is -1.22. The van der Waals surface area contributed by atoms with Crippen molar-refractivity contribution in [2.45, 2.75) is 67.2 Å². The van der Waals surface area contributed by atoms with E-state index in [4.69, 9.17) is 4.99 Å². The van der Waals surface area contributed by atoms with Crippen molar-refractivity contribution in [2.24, 2.45) is 9.98 Å². The van der Waals surface area contributed by atoms with Crippen LogP contribution in [-0.4, -0.2) is 55.1 Å². The molecule has 5 N–H and O–H groups in total. The van der Waals surface area contributed by atoms with Gasteiger partial charge in [0.15, 0.2) is 0 Å². The van der Waals surface area contributed by atoms with Gasteiger partial charge >= 0.3 is 17.9 Å². The van der Waals surface area contributed by atoms with Gasteiger partial charge in [-0.2, -0.15) is 0 Å². The Morgan fingerprint density at radius 3 is 2.22 bits per heavy atom. The van der Waals surface area contributed by atoms with Crippen LogP contribution in [0.2, 0.25) is 0 Å². The van der Waals surface area contributed by atoms with Crippen LogP contribution in [0.25, 0.3) is 17.7 Å². The van der Waals surface area contributed by atoms with Gasteiger partial charge in [0, 0.05) is 34.6 Å². The van der Waals surface area contributed by atoms with Crippen LogP contribution in [-0.2, 0) is 16.0 Å². The fourth-order valence-electron chi connectivity index (χ4n) is 5.88. The van der Waals surface area contributed by atoms with Crippen LogP contribution in [0.1, 0.15) is 85.4 Å². The van der Waals surface area contributed by atoms with Crippen molar-refractivity contribution < 1.29 is 29.7 Å². The Balaban J connectivity index is 2.04. The van der Waals surface area contributed by atoms with E-state index < -0.39 is 24.3 Å². The molecule has 10 nitrogen and oxygen atoms in total. The molecule has 4 rings (SSSR count). The second-order valence-electron chi connectivity index (χ2n) is 11.0. The number of rotatable bonds is 11. The monoisotopic (exact) mass is 610 g/mol. The largest absolute Gasteiger partial charge is 0.481 e. The molecule has 0 saturated carbocycles. The number of aromatic nitrogens is 2. The number of nitrogens with zero attached hydrogens (tertiary/aromatic N) is 2. The molecule has 234 valence electrons. The number of allylic oxidation sites excluding steroid dienone is 6. The number of aliphatic imine (C=N–C) groups is 2. The van der Waals surface area contributed by atoms with Crippen LogP contribution in [0.3, 0.4) is 0 Å². The van der Waals surface area contributed by atoms with Gasteiger partial charge in [-0.25, -0.2) is 9.79 Å². The zero-order valence-corrected chi connectivity index (χ0v) is 26.4. The van der Waals surface area contributed by atoms with Gasteiger partial charge in [-0.05, 0) is 98.6 Å². The first kappa shape index (κ1) is 32.7. The van der Waals surface area contributed by atoms with E-state index in [1.165, 1.54) is 0 Å². The van der Waals surface area contributed by atoms with Crippen LogP contribution in [0.4, 0.5) is 0 Å². The summed E-state index contributed by atoms with van der Waals surface area (Å²) in [6, 6.07) is 0. The minimum Gasteiger partial charge on any atom is -0.481 e. The van der Waals surface area contributed by atoms with Crippen molar-refractivity contribution in [1.82, 2.24) is 9.97 Å². The maximum absolute atomic E-state index is 12.7. The highest BCUT2D eigenvalue weighted by atomic mass is 16.4. The molecular formula is C35H38N4O6. The van der Waals surface area contributed by atoms with Gasteiger partial charge < -0.3 is 25.3 Å². The van der Waals surface area contributed by atoms with Gasteiger partial charge in [-0.3, -0.25) is 14.6 Å². The summed E-state index contributed by atoms with van der Waals surface area (Å²) >= 11 is 0. The molecule has 2 aliphatic heterocycles. The highest BCUT2D eigenvalue weighted by molar-refractivity contribution is 6.14. The standard InChI is InChI=1S/C35H38N4O6/c1-8-21-16-36-26(17(21)4)14-27-19(6)23(11-12-30(40)41)33(38-27)24(13-31(42)43)34-32(35(44)45)20(7)28(39-34)15-29-22(9-2)18(5)25(10-3)37-29/h8,10,14-16,37,39H,1,9,11-13H2,2-7H3,(H,40,41)(H,42,43)(H,44,45)/b25-10-,26-14-,29-15-,33-24?. The summed E-state index contributed by atoms with van der Waals surface area (Å²) in [5, 5.41) is 31.7. The summed E-state index contributed by atoms with van der Waals surface area (Å²) < 4.78 is 0. The number of carboxylic acid groups (broad SMARTS) is 3. The van der Waals surface area contributed by atoms with Crippen molar-refractivity contribution in [3.8, 4) is 0 Å². The number of H-pyrrole nitrogens is 2. The van der Waals surface area contributed by atoms with Gasteiger partial charge in [-0.15, -0.1) is 0 Å². The molecule has 2 aliphatic rings. The third-order valence-corrected chi connectivity index (χ3v) is 8.40. The summed E-state index contributed by atoms with van der Waals surface area (Å²) in [7, 11) is 0. The van der Waals surface area contributed by atoms with E-state index in [0.717, 1.165) is 39.4 Å². The Labute approximate surface area is 261 Å². The first-order chi connectivity index (χ1) is 21.3. The Hall–Kier alpha value is -5.25. The lowest BCUT2D eigenvalue weighted by Crippen LogP contribution is -2.11. The molecule has 0 amide bonds. The molecule has 0 atom stereocenters. The summed E-state index contributed by atoms with van der Waals surface area (Å²) in [6.45, 7) is 15.2. The molecule has 0 unspecified atom stereocenters. The van der Waals surface area contributed by atoms with Crippen LogP contribution in [0.5, 0.6) is 0 Å². The Bertz CT molecular complexity index is 1950. The molecule has 0 aliphatic carbocycles. The van der Waals surface area contributed by atoms with E-state index in [9.17, 15) is 29.7 Å². The maximum atomic E-state index is 12.7. The van der Waals surface area contributed by atoms with Crippen LogP contribution in [0.15, 0.2) is 62.4 Å². The highest BCUT2D eigenvalue weighted by Crippen LogP contribution is 2.39. The molecule has 0 bridgehead atoms. The summed E-state index contributed by atoms with van der Waals surface area (Å²) in [5.74, 6) is -3.43. The van der Waals surface area contributed by atoms with Crippen molar-refractivity contribution in [1.29, 1.82) is 0 Å². The Morgan fingerprint density at radius 2 is 1.67 bits per heavy atom. The third-order valence-electron chi connectivity index (χ3n) is 8.40. The second-order valence-corrected chi connectivity index (χ2v) is 11.0. The second kappa shape index (κ2) is 13.2. The fraction of sp³-hybridized carbons (Fsp3) is 0.286. The van der Waals surface area contributed by atoms with Gasteiger partial charge in [0.05, 0.1) is 34.8 Å². The normalized spacial score (nSPS) is 17.6. The number of hydrogen-bond acceptors (Lipinski definition) is 5. The van der Waals surface area contributed by atoms with E-state index in [2.05, 4.69) is 21.5 Å². The molecule has 2 aromatic rings. The average molecular weight is 611 g/mol. The van der Waals surface area contributed by atoms with Crippen molar-refractivity contribution >= 4 is 47.6 Å². The van der Waals surface area contributed by atoms with E-state index >= 15 is 0 Å². The minimum absolute atomic E-state index is 0.0689. The molecule has 0 radical (unpaired) electrons. The predicted octanol–water partition coefficient (Wildman–Crippen LogP) is 5.14. The number of carboxylic acids is 3. The number of aromatic carboxylic acids is 1. The summed E-state index contributed by atoms with van der Waals surface area (Å²) in [6.07, 6.45) is 9.05. The number of hydrogen-bond donors (Lipinski definition) is 5. The molecule has 0 aromatic carbocycles. The lowest BCUT2D eigenvalue weighted by molar-refractivity contribution is -0.137. The average Bonchev–Trinajstić information content (AvgIpc) is 3.69. The van der Waals surface area contributed by atoms with Crippen LogP contribution >= 0.6 is 0 Å². The maximum Gasteiger partial charge on any atom is 0.338 e. The predicted molar refractivity (Wildman–Crippen MR) is 176 cm³/mol. The molecule has 0 fully saturated rings. The zero-order valence-electron chi connectivity index (χ0n) is 26.4. The van der Waals surface area contributed by atoms with Crippen molar-refractivity contribution in [3.05, 3.63) is 96.8 Å². The topological polar surface area (TPSA) is 168 Å². The van der Waals surface area contributed by atoms with Crippen LogP contribution < -0.4 is 10.7 Å². The van der Waals surface area contributed by atoms with E-state index in [1.54, 1.807) is 32.2 Å². The lowest BCUT2D eigenvalue weighted by Gasteiger charge is -2.12. The fourth-order valence-corrected chi connectivity index (χ4v) is 5.88. The van der Waals surface area contributed by atoms with E-state index in [-0.39, 0.29) is 35.4 Å². The quantitative estimate of drug-likeness (QED) is 0.236. The summed E-state index contributed by atoms with van der Waals surface area (Å²) in [4.78, 5) is 52.5. The van der Waals surface area contributed by atoms with Gasteiger partial charge in [0.25, 0.3) is 0 Å². The molecule has 2 aromatic heterocycles. The van der Waals surface area contributed by atoms with Gasteiger partial charge in [0.1, 0.15) is 0 Å². The zero-order chi connectivity index (χ0) is 33.2. The number of aliphatic carboxylic acids is 2. The molecule has 4 heterocycles. The first-order valence-corrected chi connectivity index (χ1v) is 14.7. The van der Waals surface area contributed by atoms with E-state index in [1.807, 2.05) is 39.8 Å². The number of nitrogens with one attached hydrogen (secondary N) is 2. The highest BCUT2D eigenvalue weighted by Gasteiger charge is 2.30. The van der Waals surface area contributed by atoms with Crippen LogP contribution in [0, 0.1) is 13.8 Å². The molecule has 0 spiro atoms. The first-order valence-electron chi connectivity index (χ1n) is 14.7. The smallest absolute Gasteiger partial charge is 0.338 e. The number of carbonyl (C=O) groups is 3. The SMILES string of the molecule is C=CC1=C(C)/C(=C/C2=NC(=C(CC(=O)O)c3[nH]c(/C=c4\[nH]/c(=C\C)c(C)c4CC)c(C)c3C(=O)O)C(CCC(=O)O)=C2C)N=C1. The Morgan fingerprint density at radius 1 is 0.956 bits per heavy atom. The van der Waals surface area contributed by atoms with Crippen molar-refractivity contribution in [2.75, 3.05) is 0 Å². The third kappa shape index (κ3) is 6.35. The van der Waals surface area contributed by atoms with Gasteiger partial charge in [0.2, 0.25) is 0 Å². The summed E-state index contributed by atoms with van der Waals surface area (Å²) in [5.41, 5.74) is 7.70. The Kier molecular flexibility index (Phi) is 9.56. The van der Waals surface area contributed by atoms with Gasteiger partial charge in [-0.1, -0.05) is 25.7 Å².